The Labute approximate surface area is 449 Å². The van der Waals surface area contributed by atoms with E-state index in [1.165, 1.54) is 24.3 Å². The third-order valence-corrected chi connectivity index (χ3v) is 14.6. The number of unbranched alkanes of at least 4 members (excludes halogenated alkanes) is 4. The molecular weight excluding hydrogens is 1030 g/mol. The zero-order chi connectivity index (χ0) is 51.9. The summed E-state index contributed by atoms with van der Waals surface area (Å²) in [4.78, 5) is 65.6. The molecule has 0 aliphatic carbocycles. The predicted octanol–water partition coefficient (Wildman–Crippen LogP) is 12.0. The first-order valence-corrected chi connectivity index (χ1v) is 26.1. The van der Waals surface area contributed by atoms with Crippen LogP contribution in [-0.4, -0.2) is 66.2 Å². The van der Waals surface area contributed by atoms with Gasteiger partial charge in [-0.05, 0) is 48.6 Å². The average Bonchev–Trinajstić information content (AvgIpc) is 4.47. The summed E-state index contributed by atoms with van der Waals surface area (Å²) in [6, 6.07) is 8.88. The number of fused-ring (bicyclic) bond motifs is 30. The molecule has 20 nitrogen and oxygen atoms in total. The van der Waals surface area contributed by atoms with Crippen LogP contribution in [0.25, 0.3) is 89.7 Å². The van der Waals surface area contributed by atoms with Crippen LogP contribution in [0.3, 0.4) is 0 Å². The van der Waals surface area contributed by atoms with E-state index in [-0.39, 0.29) is 73.8 Å². The Balaban J connectivity index is 0.00000596. The van der Waals surface area contributed by atoms with Gasteiger partial charge in [0.1, 0.15) is 47.4 Å². The molecule has 0 unspecified atom stereocenters. The van der Waals surface area contributed by atoms with Gasteiger partial charge in [0.25, 0.3) is 11.4 Å². The van der Waals surface area contributed by atoms with Crippen molar-refractivity contribution in [3.63, 3.8) is 0 Å². The first-order chi connectivity index (χ1) is 37.2. The van der Waals surface area contributed by atoms with E-state index in [0.717, 1.165) is 73.6 Å². The minimum atomic E-state index is -0.466. The third kappa shape index (κ3) is 8.07. The van der Waals surface area contributed by atoms with Crippen LogP contribution in [0.5, 0.6) is 23.0 Å². The predicted molar refractivity (Wildman–Crippen MR) is 280 cm³/mol. The fraction of sp³-hybridized carbons (Fsp3) is 0.357. The molecule has 7 aromatic rings. The normalized spacial score (nSPS) is 17.6. The number of nitro groups is 2. The van der Waals surface area contributed by atoms with E-state index >= 15 is 0 Å². The van der Waals surface area contributed by atoms with Crippen LogP contribution < -0.4 is 28.9 Å². The summed E-state index contributed by atoms with van der Waals surface area (Å²) in [5, 5.41) is 26.6. The van der Waals surface area contributed by atoms with Crippen molar-refractivity contribution in [3.05, 3.63) is 103 Å². The number of nitro benzene ring substituents is 2. The molecule has 21 heteroatoms. The van der Waals surface area contributed by atoms with Gasteiger partial charge in [-0.25, -0.2) is 9.97 Å². The van der Waals surface area contributed by atoms with Crippen molar-refractivity contribution in [3.8, 4) is 68.5 Å². The number of nitrogens with zero attached hydrogens (tertiary/aromatic N) is 10. The Bertz CT molecular complexity index is 3630. The van der Waals surface area contributed by atoms with Crippen molar-refractivity contribution < 1.29 is 54.8 Å². The van der Waals surface area contributed by atoms with Gasteiger partial charge in [0.2, 0.25) is 0 Å². The molecule has 0 fully saturated rings. The zero-order valence-corrected chi connectivity index (χ0v) is 43.4. The summed E-state index contributed by atoms with van der Waals surface area (Å²) in [6.07, 6.45) is 12.7. The van der Waals surface area contributed by atoms with Gasteiger partial charge in [0, 0.05) is 79.9 Å². The van der Waals surface area contributed by atoms with E-state index in [9.17, 15) is 20.2 Å². The molecule has 6 aliphatic rings. The first kappa shape index (κ1) is 50.0. The van der Waals surface area contributed by atoms with Crippen molar-refractivity contribution in [2.24, 2.45) is 0 Å². The number of rotatable bonds is 18. The van der Waals surface area contributed by atoms with Crippen molar-refractivity contribution in [2.75, 3.05) is 26.4 Å². The van der Waals surface area contributed by atoms with Gasteiger partial charge in [-0.1, -0.05) is 77.7 Å². The maximum Gasteiger partial charge on any atom is 2.00 e. The standard InChI is InChI=1S/C56H50N10O10.Ni/c1-5-9-21-71-45-37-33-17-19-35(75-33)39(37)47(73-23-11-7-3)43-41(45)53-59-49-29-15-13-27(65(67)68)25-31(29)52(57-49)62-56-44-42(46(72-22-10-6-2)38-34-18-20-36(76-34)40(38)48(44)74-24-12-8-4)54(64-56)60-50-30-16-14-28(66(69)70)26-32(30)51(58-50)61-55(43)63-53;/h13-20,25-26,33-36H,5-12,21-24H2,1-4H3;/q-2;+2/t33-,34-,35+,36+;/m0./s1. The summed E-state index contributed by atoms with van der Waals surface area (Å²) >= 11 is 0. The van der Waals surface area contributed by atoms with Crippen LogP contribution >= 0.6 is 0 Å². The Morgan fingerprint density at radius 2 is 0.740 bits per heavy atom. The fourth-order valence-corrected chi connectivity index (χ4v) is 10.9. The van der Waals surface area contributed by atoms with Crippen molar-refractivity contribution >= 4 is 55.5 Å². The summed E-state index contributed by atoms with van der Waals surface area (Å²) < 4.78 is 40.3. The number of hydrogen-bond acceptors (Lipinski definition) is 16. The topological polar surface area (TPSA) is 247 Å². The van der Waals surface area contributed by atoms with E-state index in [2.05, 4.69) is 27.7 Å². The van der Waals surface area contributed by atoms with Gasteiger partial charge in [-0.3, -0.25) is 20.2 Å². The number of ether oxygens (including phenoxy) is 6. The molecule has 13 rings (SSSR count). The molecule has 0 spiro atoms. The van der Waals surface area contributed by atoms with Crippen LogP contribution in [0.2, 0.25) is 0 Å². The molecule has 0 N–H and O–H groups in total. The second-order valence-electron chi connectivity index (χ2n) is 19.5. The molecule has 9 heterocycles. The zero-order valence-electron chi connectivity index (χ0n) is 42.4. The second kappa shape index (κ2) is 19.9. The number of non-ortho nitro benzene ring substituents is 2. The van der Waals surface area contributed by atoms with Crippen LogP contribution in [-0.2, 0) is 26.0 Å². The quantitative estimate of drug-likeness (QED) is 0.0255. The summed E-state index contributed by atoms with van der Waals surface area (Å²) in [5.74, 6) is 2.61. The van der Waals surface area contributed by atoms with Gasteiger partial charge in [0.15, 0.2) is 0 Å². The summed E-state index contributed by atoms with van der Waals surface area (Å²) in [6.45, 7) is 9.79. The van der Waals surface area contributed by atoms with Gasteiger partial charge >= 0.3 is 16.5 Å². The molecule has 4 atom stereocenters. The molecule has 4 aromatic carbocycles. The van der Waals surface area contributed by atoms with Gasteiger partial charge in [-0.2, -0.15) is 0 Å². The van der Waals surface area contributed by atoms with E-state index in [1.54, 1.807) is 12.1 Å². The Morgan fingerprint density at radius 3 is 1.01 bits per heavy atom. The van der Waals surface area contributed by atoms with Crippen molar-refractivity contribution in [1.82, 2.24) is 39.9 Å². The average molecular weight is 1080 g/mol. The molecule has 12 bridgehead atoms. The van der Waals surface area contributed by atoms with Gasteiger partial charge in [-0.15, -0.1) is 0 Å². The van der Waals surface area contributed by atoms with Crippen LogP contribution in [0.4, 0.5) is 11.4 Å². The SMILES string of the molecule is CCCCOc1c2c(c(OCCCC)c3c1[C@@H]1C=C[C@H]3O1)-c1nc-2nc2[n-]c(nc3nc(nc4[n-]c(n1)c1cc([N+](=O)[O-])ccc41)-c1c(OCCCC)c4c(c(OCCCC)c1-3)[C@H]1C=C[C@@H]4O1)c1cc([N+](=O)[O-])ccc21.[Ni+2]. The second-order valence-corrected chi connectivity index (χ2v) is 19.5. The van der Waals surface area contributed by atoms with Gasteiger partial charge in [0.05, 0.1) is 81.8 Å². The fourth-order valence-electron chi connectivity index (χ4n) is 10.9. The maximum atomic E-state index is 12.5. The number of benzene rings is 4. The van der Waals surface area contributed by atoms with Crippen LogP contribution in [0.1, 0.15) is 126 Å². The third-order valence-electron chi connectivity index (χ3n) is 14.6. The Kier molecular flexibility index (Phi) is 12.9. The first-order valence-electron chi connectivity index (χ1n) is 26.1. The van der Waals surface area contributed by atoms with E-state index < -0.39 is 34.3 Å². The smallest absolute Gasteiger partial charge is 0.492 e. The molecule has 6 aliphatic heterocycles. The monoisotopic (exact) mass is 1080 g/mol. The largest absolute Gasteiger partial charge is 2.00 e. The van der Waals surface area contributed by atoms with E-state index in [0.29, 0.717) is 93.2 Å². The molecule has 3 aromatic heterocycles. The summed E-state index contributed by atoms with van der Waals surface area (Å²) in [7, 11) is 0. The van der Waals surface area contributed by atoms with Crippen LogP contribution in [0, 0.1) is 20.2 Å². The number of hydrogen-bond donors (Lipinski definition) is 0. The molecule has 0 radical (unpaired) electrons. The molecule has 0 saturated heterocycles. The number of aromatic nitrogens is 8. The van der Waals surface area contributed by atoms with Crippen molar-refractivity contribution in [1.29, 1.82) is 0 Å². The summed E-state index contributed by atoms with van der Waals surface area (Å²) in [5.41, 5.74) is 5.22. The van der Waals surface area contributed by atoms with E-state index in [1.807, 2.05) is 24.3 Å². The van der Waals surface area contributed by atoms with Crippen molar-refractivity contribution in [2.45, 2.75) is 103 Å². The molecule has 394 valence electrons. The molecule has 0 saturated carbocycles. The maximum absolute atomic E-state index is 12.5. The Hall–Kier alpha value is -7.87. The van der Waals surface area contributed by atoms with E-state index in [4.69, 9.17) is 68.3 Å². The molecule has 77 heavy (non-hydrogen) atoms. The van der Waals surface area contributed by atoms with Gasteiger partial charge < -0.3 is 58.3 Å². The minimum Gasteiger partial charge on any atom is -0.492 e. The van der Waals surface area contributed by atoms with Crippen LogP contribution in [0.15, 0.2) is 60.7 Å². The minimum absolute atomic E-state index is 0. The molecular formula is C56H50N10NiO10. The molecule has 0 amide bonds. The Morgan fingerprint density at radius 1 is 0.455 bits per heavy atom.